The number of unbranched alkanes of at least 4 members (excludes halogenated alkanes) is 2. The summed E-state index contributed by atoms with van der Waals surface area (Å²) in [4.78, 5) is 0. The molecule has 0 unspecified atom stereocenters. The van der Waals surface area contributed by atoms with Crippen LogP contribution in [0.2, 0.25) is 0 Å². The van der Waals surface area contributed by atoms with Crippen LogP contribution >= 0.6 is 0 Å². The van der Waals surface area contributed by atoms with E-state index in [4.69, 9.17) is 0 Å². The molecule has 0 nitrogen and oxygen atoms in total. The average molecular weight is 443 g/mol. The summed E-state index contributed by atoms with van der Waals surface area (Å²) in [5, 5.41) is 0. The quantitative estimate of drug-likeness (QED) is 0.224. The van der Waals surface area contributed by atoms with Crippen molar-refractivity contribution in [2.45, 2.75) is 96.1 Å². The van der Waals surface area contributed by atoms with E-state index in [1.165, 1.54) is 51.4 Å². The Morgan fingerprint density at radius 2 is 1.39 bits per heavy atom. The number of halogens is 5. The molecule has 0 heterocycles. The summed E-state index contributed by atoms with van der Waals surface area (Å²) in [5.41, 5.74) is -1.40. The van der Waals surface area contributed by atoms with E-state index in [1.807, 2.05) is 0 Å². The van der Waals surface area contributed by atoms with Gasteiger partial charge in [0, 0.05) is 0 Å². The van der Waals surface area contributed by atoms with E-state index < -0.39 is 23.4 Å². The zero-order chi connectivity index (χ0) is 22.4. The van der Waals surface area contributed by atoms with E-state index in [9.17, 15) is 22.0 Å². The molecule has 2 aliphatic carbocycles. The summed E-state index contributed by atoms with van der Waals surface area (Å²) in [5.74, 6) is -0.785. The molecule has 3 rings (SSSR count). The molecular weight excluding hydrogens is 407 g/mol. The minimum atomic E-state index is -5.00. The van der Waals surface area contributed by atoms with Crippen molar-refractivity contribution in [1.82, 2.24) is 0 Å². The Kier molecular flexibility index (Phi) is 8.58. The fraction of sp³-hybridized carbons (Fsp3) is 0.692. The standard InChI is InChI=1S/C26H35F5/c1-2-3-4-5-6-7-18-8-10-19(11-9-18)20-12-14-21(15-13-20)22-16-23(27)25(24(28)17-22)26(29,30)31/h2-3,16-21H,4-15H2,1H3/b3-2+/t18-,19-,20-,21-. The third kappa shape index (κ3) is 6.55. The summed E-state index contributed by atoms with van der Waals surface area (Å²) in [6.45, 7) is 2.06. The number of benzene rings is 1. The van der Waals surface area contributed by atoms with Crippen LogP contribution in [-0.2, 0) is 6.18 Å². The van der Waals surface area contributed by atoms with E-state index in [0.717, 1.165) is 49.7 Å². The lowest BCUT2D eigenvalue weighted by Gasteiger charge is -2.38. The first-order valence-corrected chi connectivity index (χ1v) is 12.0. The second-order valence-electron chi connectivity index (χ2n) is 9.60. The van der Waals surface area contributed by atoms with Crippen molar-refractivity contribution in [1.29, 1.82) is 0 Å². The van der Waals surface area contributed by atoms with Gasteiger partial charge in [-0.25, -0.2) is 8.78 Å². The molecule has 0 atom stereocenters. The van der Waals surface area contributed by atoms with Gasteiger partial charge in [0.2, 0.25) is 0 Å². The van der Waals surface area contributed by atoms with Gasteiger partial charge in [-0.15, -0.1) is 0 Å². The molecule has 174 valence electrons. The Hall–Kier alpha value is -1.39. The number of rotatable bonds is 7. The molecule has 2 fully saturated rings. The van der Waals surface area contributed by atoms with Gasteiger partial charge in [-0.3, -0.25) is 0 Å². The first-order chi connectivity index (χ1) is 14.8. The van der Waals surface area contributed by atoms with Gasteiger partial charge < -0.3 is 0 Å². The van der Waals surface area contributed by atoms with E-state index in [2.05, 4.69) is 19.1 Å². The number of alkyl halides is 3. The maximum Gasteiger partial charge on any atom is 0.422 e. The topological polar surface area (TPSA) is 0 Å². The third-order valence-corrected chi connectivity index (χ3v) is 7.62. The molecule has 1 aromatic rings. The van der Waals surface area contributed by atoms with Gasteiger partial charge in [0.15, 0.2) is 0 Å². The number of allylic oxidation sites excluding steroid dienone is 2. The zero-order valence-corrected chi connectivity index (χ0v) is 18.5. The van der Waals surface area contributed by atoms with Crippen LogP contribution in [0.5, 0.6) is 0 Å². The van der Waals surface area contributed by atoms with Gasteiger partial charge in [-0.05, 0) is 99.7 Å². The van der Waals surface area contributed by atoms with Gasteiger partial charge >= 0.3 is 6.18 Å². The monoisotopic (exact) mass is 442 g/mol. The van der Waals surface area contributed by atoms with Crippen LogP contribution in [-0.4, -0.2) is 0 Å². The minimum absolute atomic E-state index is 0.0453. The Bertz CT molecular complexity index is 697. The van der Waals surface area contributed by atoms with Gasteiger partial charge in [0.25, 0.3) is 0 Å². The van der Waals surface area contributed by atoms with Crippen molar-refractivity contribution in [2.75, 3.05) is 0 Å². The second-order valence-corrected chi connectivity index (χ2v) is 9.60. The molecule has 2 saturated carbocycles. The molecule has 0 N–H and O–H groups in total. The minimum Gasteiger partial charge on any atom is -0.206 e. The van der Waals surface area contributed by atoms with E-state index in [-0.39, 0.29) is 5.92 Å². The van der Waals surface area contributed by atoms with E-state index >= 15 is 0 Å². The van der Waals surface area contributed by atoms with Gasteiger partial charge in [-0.1, -0.05) is 37.8 Å². The first-order valence-electron chi connectivity index (χ1n) is 12.0. The molecule has 0 aliphatic heterocycles. The van der Waals surface area contributed by atoms with Crippen LogP contribution in [0.25, 0.3) is 0 Å². The maximum atomic E-state index is 14.0. The van der Waals surface area contributed by atoms with Crippen LogP contribution in [0.4, 0.5) is 22.0 Å². The van der Waals surface area contributed by atoms with Crippen molar-refractivity contribution in [3.63, 3.8) is 0 Å². The van der Waals surface area contributed by atoms with Crippen molar-refractivity contribution in [3.05, 3.63) is 47.0 Å². The van der Waals surface area contributed by atoms with Crippen LogP contribution in [0.3, 0.4) is 0 Å². The van der Waals surface area contributed by atoms with Crippen molar-refractivity contribution in [3.8, 4) is 0 Å². The van der Waals surface area contributed by atoms with E-state index in [0.29, 0.717) is 11.5 Å². The lowest BCUT2D eigenvalue weighted by Crippen LogP contribution is -2.25. The third-order valence-electron chi connectivity index (χ3n) is 7.62. The Morgan fingerprint density at radius 3 is 1.90 bits per heavy atom. The molecule has 0 saturated heterocycles. The number of hydrogen-bond donors (Lipinski definition) is 0. The summed E-state index contributed by atoms with van der Waals surface area (Å²) in [7, 11) is 0. The highest BCUT2D eigenvalue weighted by Crippen LogP contribution is 2.45. The highest BCUT2D eigenvalue weighted by molar-refractivity contribution is 5.30. The fourth-order valence-corrected chi connectivity index (χ4v) is 5.83. The van der Waals surface area contributed by atoms with Crippen molar-refractivity contribution >= 4 is 0 Å². The zero-order valence-electron chi connectivity index (χ0n) is 18.5. The van der Waals surface area contributed by atoms with Crippen LogP contribution in [0.1, 0.15) is 101 Å². The second kappa shape index (κ2) is 11.0. The summed E-state index contributed by atoms with van der Waals surface area (Å²) in [6, 6.07) is 1.80. The van der Waals surface area contributed by atoms with Gasteiger partial charge in [-0.2, -0.15) is 13.2 Å². The fourth-order valence-electron chi connectivity index (χ4n) is 5.83. The Morgan fingerprint density at radius 1 is 0.839 bits per heavy atom. The molecule has 5 heteroatoms. The molecule has 2 aliphatic rings. The Labute approximate surface area is 183 Å². The predicted octanol–water partition coefficient (Wildman–Crippen LogP) is 9.20. The SMILES string of the molecule is C/C=C/CCCC[C@H]1CC[C@H]([C@H]2CC[C@H](c3cc(F)c(C(F)(F)F)c(F)c3)CC2)CC1. The molecule has 0 aromatic heterocycles. The highest BCUT2D eigenvalue weighted by atomic mass is 19.4. The van der Waals surface area contributed by atoms with Gasteiger partial charge in [0.05, 0.1) is 0 Å². The summed E-state index contributed by atoms with van der Waals surface area (Å²) < 4.78 is 66.3. The largest absolute Gasteiger partial charge is 0.422 e. The normalized spacial score (nSPS) is 27.7. The van der Waals surface area contributed by atoms with Crippen molar-refractivity contribution < 1.29 is 22.0 Å². The lowest BCUT2D eigenvalue weighted by molar-refractivity contribution is -0.142. The summed E-state index contributed by atoms with van der Waals surface area (Å²) >= 11 is 0. The molecule has 31 heavy (non-hydrogen) atoms. The lowest BCUT2D eigenvalue weighted by atomic mass is 9.68. The summed E-state index contributed by atoms with van der Waals surface area (Å²) in [6.07, 6.45) is 13.2. The van der Waals surface area contributed by atoms with Crippen LogP contribution in [0, 0.1) is 29.4 Å². The van der Waals surface area contributed by atoms with Crippen LogP contribution < -0.4 is 0 Å². The van der Waals surface area contributed by atoms with Crippen LogP contribution in [0.15, 0.2) is 24.3 Å². The molecular formula is C26H35F5. The maximum absolute atomic E-state index is 14.0. The molecule has 0 radical (unpaired) electrons. The molecule has 1 aromatic carbocycles. The molecule has 0 bridgehead atoms. The average Bonchev–Trinajstić information content (AvgIpc) is 2.73. The van der Waals surface area contributed by atoms with E-state index in [1.54, 1.807) is 0 Å². The smallest absolute Gasteiger partial charge is 0.206 e. The highest BCUT2D eigenvalue weighted by Gasteiger charge is 2.39. The predicted molar refractivity (Wildman–Crippen MR) is 115 cm³/mol. The molecule has 0 amide bonds. The molecule has 0 spiro atoms. The first kappa shape index (κ1) is 24.3. The van der Waals surface area contributed by atoms with Gasteiger partial charge in [0.1, 0.15) is 17.2 Å². The Balaban J connectivity index is 1.45. The van der Waals surface area contributed by atoms with Crippen molar-refractivity contribution in [2.24, 2.45) is 17.8 Å². The number of hydrogen-bond acceptors (Lipinski definition) is 0.